The molecule has 0 bridgehead atoms. The van der Waals surface area contributed by atoms with Crippen LogP contribution in [0.2, 0.25) is 0 Å². The molecular weight excluding hydrogens is 250 g/mol. The predicted octanol–water partition coefficient (Wildman–Crippen LogP) is 2.22. The Morgan fingerprint density at radius 1 is 1.35 bits per heavy atom. The van der Waals surface area contributed by atoms with E-state index in [4.69, 9.17) is 0 Å². The summed E-state index contributed by atoms with van der Waals surface area (Å²) in [4.78, 5) is 14.4. The standard InChI is InChI=1S/C16H25N3O/c1-19(2)12-13-7-6-8-14(11-13)18-16(20)15-9-4-3-5-10-17-15/h6-8,11,15,17H,3-5,9-10,12H2,1-2H3,(H,18,20). The second kappa shape index (κ2) is 7.41. The maximum absolute atomic E-state index is 12.3. The van der Waals surface area contributed by atoms with Crippen molar-refractivity contribution in [2.24, 2.45) is 0 Å². The summed E-state index contributed by atoms with van der Waals surface area (Å²) in [6, 6.07) is 8.03. The lowest BCUT2D eigenvalue weighted by molar-refractivity contribution is -0.118. The van der Waals surface area contributed by atoms with Gasteiger partial charge in [0, 0.05) is 12.2 Å². The third-order valence-electron chi connectivity index (χ3n) is 3.57. The minimum Gasteiger partial charge on any atom is -0.325 e. The molecule has 1 aliphatic heterocycles. The van der Waals surface area contributed by atoms with Gasteiger partial charge in [-0.25, -0.2) is 0 Å². The van der Waals surface area contributed by atoms with Gasteiger partial charge in [0.05, 0.1) is 6.04 Å². The van der Waals surface area contributed by atoms with Crippen molar-refractivity contribution in [3.63, 3.8) is 0 Å². The minimum atomic E-state index is -0.0463. The average molecular weight is 275 g/mol. The predicted molar refractivity (Wildman–Crippen MR) is 82.7 cm³/mol. The Hall–Kier alpha value is -1.39. The second-order valence-corrected chi connectivity index (χ2v) is 5.78. The summed E-state index contributed by atoms with van der Waals surface area (Å²) in [5.41, 5.74) is 2.10. The molecule has 0 aliphatic carbocycles. The van der Waals surface area contributed by atoms with E-state index in [0.29, 0.717) is 0 Å². The Balaban J connectivity index is 1.96. The van der Waals surface area contributed by atoms with Gasteiger partial charge >= 0.3 is 0 Å². The number of hydrogen-bond acceptors (Lipinski definition) is 3. The number of nitrogens with zero attached hydrogens (tertiary/aromatic N) is 1. The van der Waals surface area contributed by atoms with Crippen LogP contribution in [0.25, 0.3) is 0 Å². The largest absolute Gasteiger partial charge is 0.325 e. The highest BCUT2D eigenvalue weighted by Gasteiger charge is 2.19. The fourth-order valence-corrected chi connectivity index (χ4v) is 2.59. The third kappa shape index (κ3) is 4.62. The van der Waals surface area contributed by atoms with Gasteiger partial charge in [-0.2, -0.15) is 0 Å². The molecule has 1 heterocycles. The van der Waals surface area contributed by atoms with Crippen molar-refractivity contribution in [3.8, 4) is 0 Å². The Morgan fingerprint density at radius 3 is 3.00 bits per heavy atom. The SMILES string of the molecule is CN(C)Cc1cccc(NC(=O)C2CCCCCN2)c1. The van der Waals surface area contributed by atoms with E-state index in [1.807, 2.05) is 26.2 Å². The zero-order chi connectivity index (χ0) is 14.4. The first-order valence-electron chi connectivity index (χ1n) is 7.43. The van der Waals surface area contributed by atoms with Gasteiger partial charge in [-0.15, -0.1) is 0 Å². The van der Waals surface area contributed by atoms with Crippen LogP contribution in [0.15, 0.2) is 24.3 Å². The summed E-state index contributed by atoms with van der Waals surface area (Å²) in [5.74, 6) is 0.0916. The van der Waals surface area contributed by atoms with Crippen molar-refractivity contribution in [1.29, 1.82) is 0 Å². The zero-order valence-corrected chi connectivity index (χ0v) is 12.5. The Morgan fingerprint density at radius 2 is 2.20 bits per heavy atom. The van der Waals surface area contributed by atoms with Gasteiger partial charge in [-0.05, 0) is 51.2 Å². The Kier molecular flexibility index (Phi) is 5.56. The number of benzene rings is 1. The number of rotatable bonds is 4. The fourth-order valence-electron chi connectivity index (χ4n) is 2.59. The molecule has 1 aromatic carbocycles. The minimum absolute atomic E-state index is 0.0463. The molecule has 4 heteroatoms. The molecule has 20 heavy (non-hydrogen) atoms. The summed E-state index contributed by atoms with van der Waals surface area (Å²) in [5, 5.41) is 6.36. The third-order valence-corrected chi connectivity index (χ3v) is 3.57. The van der Waals surface area contributed by atoms with Crippen LogP contribution in [0.1, 0.15) is 31.2 Å². The molecule has 1 aromatic rings. The van der Waals surface area contributed by atoms with Crippen LogP contribution >= 0.6 is 0 Å². The molecule has 0 radical (unpaired) electrons. The van der Waals surface area contributed by atoms with E-state index in [-0.39, 0.29) is 11.9 Å². The summed E-state index contributed by atoms with van der Waals surface area (Å²) in [6.07, 6.45) is 4.45. The maximum Gasteiger partial charge on any atom is 0.241 e. The van der Waals surface area contributed by atoms with Crippen molar-refractivity contribution < 1.29 is 4.79 Å². The van der Waals surface area contributed by atoms with E-state index in [1.54, 1.807) is 0 Å². The van der Waals surface area contributed by atoms with Crippen molar-refractivity contribution >= 4 is 11.6 Å². The van der Waals surface area contributed by atoms with Crippen molar-refractivity contribution in [1.82, 2.24) is 10.2 Å². The smallest absolute Gasteiger partial charge is 0.241 e. The molecule has 1 saturated heterocycles. The first-order valence-corrected chi connectivity index (χ1v) is 7.43. The van der Waals surface area contributed by atoms with Gasteiger partial charge in [-0.3, -0.25) is 4.79 Å². The van der Waals surface area contributed by atoms with Crippen LogP contribution in [0, 0.1) is 0 Å². The highest BCUT2D eigenvalue weighted by atomic mass is 16.2. The van der Waals surface area contributed by atoms with Crippen LogP contribution in [-0.4, -0.2) is 37.5 Å². The molecule has 0 saturated carbocycles. The van der Waals surface area contributed by atoms with Gasteiger partial charge in [0.25, 0.3) is 0 Å². The second-order valence-electron chi connectivity index (χ2n) is 5.78. The van der Waals surface area contributed by atoms with E-state index >= 15 is 0 Å². The zero-order valence-electron chi connectivity index (χ0n) is 12.5. The summed E-state index contributed by atoms with van der Waals surface area (Å²) in [7, 11) is 4.08. The summed E-state index contributed by atoms with van der Waals surface area (Å²) < 4.78 is 0. The first-order chi connectivity index (χ1) is 9.65. The van der Waals surface area contributed by atoms with Crippen molar-refractivity contribution in [2.75, 3.05) is 26.0 Å². The number of amides is 1. The van der Waals surface area contributed by atoms with E-state index in [9.17, 15) is 4.79 Å². The van der Waals surface area contributed by atoms with Crippen molar-refractivity contribution in [3.05, 3.63) is 29.8 Å². The molecule has 0 spiro atoms. The number of carbonyl (C=O) groups excluding carboxylic acids is 1. The molecule has 2 N–H and O–H groups in total. The van der Waals surface area contributed by atoms with Gasteiger partial charge < -0.3 is 15.5 Å². The molecule has 1 fully saturated rings. The van der Waals surface area contributed by atoms with E-state index < -0.39 is 0 Å². The average Bonchev–Trinajstić information content (AvgIpc) is 2.67. The van der Waals surface area contributed by atoms with Crippen molar-refractivity contribution in [2.45, 2.75) is 38.3 Å². The summed E-state index contributed by atoms with van der Waals surface area (Å²) >= 11 is 0. The topological polar surface area (TPSA) is 44.4 Å². The number of nitrogens with one attached hydrogen (secondary N) is 2. The van der Waals surface area contributed by atoms with E-state index in [2.05, 4.69) is 27.7 Å². The van der Waals surface area contributed by atoms with Gasteiger partial charge in [0.1, 0.15) is 0 Å². The van der Waals surface area contributed by atoms with Crippen LogP contribution in [0.5, 0.6) is 0 Å². The molecule has 1 aliphatic rings. The van der Waals surface area contributed by atoms with Gasteiger partial charge in [0.15, 0.2) is 0 Å². The highest BCUT2D eigenvalue weighted by molar-refractivity contribution is 5.94. The van der Waals surface area contributed by atoms with Crippen LogP contribution in [0.3, 0.4) is 0 Å². The molecule has 1 atom stereocenters. The molecule has 2 rings (SSSR count). The monoisotopic (exact) mass is 275 g/mol. The molecular formula is C16H25N3O. The molecule has 1 amide bonds. The van der Waals surface area contributed by atoms with E-state index in [1.165, 1.54) is 18.4 Å². The Labute approximate surface area is 121 Å². The fraction of sp³-hybridized carbons (Fsp3) is 0.562. The van der Waals surface area contributed by atoms with Crippen LogP contribution in [0.4, 0.5) is 5.69 Å². The highest BCUT2D eigenvalue weighted by Crippen LogP contribution is 2.14. The molecule has 4 nitrogen and oxygen atoms in total. The number of carbonyl (C=O) groups is 1. The normalized spacial score (nSPS) is 19.6. The van der Waals surface area contributed by atoms with E-state index in [0.717, 1.165) is 31.6 Å². The summed E-state index contributed by atoms with van der Waals surface area (Å²) in [6.45, 7) is 1.82. The lowest BCUT2D eigenvalue weighted by Gasteiger charge is -2.16. The van der Waals surface area contributed by atoms with Gasteiger partial charge in [-0.1, -0.05) is 25.0 Å². The molecule has 110 valence electrons. The first kappa shape index (κ1) is 15.0. The van der Waals surface area contributed by atoms with Crippen LogP contribution in [-0.2, 0) is 11.3 Å². The maximum atomic E-state index is 12.3. The molecule has 1 unspecified atom stereocenters. The van der Waals surface area contributed by atoms with Gasteiger partial charge in [0.2, 0.25) is 5.91 Å². The van der Waals surface area contributed by atoms with Crippen LogP contribution < -0.4 is 10.6 Å². The lowest BCUT2D eigenvalue weighted by atomic mass is 10.1. The Bertz CT molecular complexity index is 437. The number of hydrogen-bond donors (Lipinski definition) is 2. The lowest BCUT2D eigenvalue weighted by Crippen LogP contribution is -2.39. The molecule has 0 aromatic heterocycles. The number of anilines is 1. The quantitative estimate of drug-likeness (QED) is 0.885.